The molecule has 0 amide bonds. The van der Waals surface area contributed by atoms with Gasteiger partial charge in [-0.2, -0.15) is 0 Å². The van der Waals surface area contributed by atoms with Crippen molar-refractivity contribution >= 4 is 17.4 Å². The van der Waals surface area contributed by atoms with E-state index in [1.54, 1.807) is 11.8 Å². The summed E-state index contributed by atoms with van der Waals surface area (Å²) in [4.78, 5) is 0. The largest absolute Gasteiger partial charge is 0.398 e. The average molecular weight is 286 g/mol. The molecule has 0 radical (unpaired) electrons. The number of thioether (sulfide) groups is 1. The number of anilines is 1. The maximum absolute atomic E-state index is 6.00. The molecule has 2 aliphatic rings. The van der Waals surface area contributed by atoms with E-state index in [1.165, 1.54) is 37.1 Å². The molecule has 0 atom stereocenters. The first-order valence-corrected chi connectivity index (χ1v) is 8.22. The summed E-state index contributed by atoms with van der Waals surface area (Å²) in [6.45, 7) is 0. The van der Waals surface area contributed by atoms with Gasteiger partial charge in [-0.1, -0.05) is 30.0 Å². The van der Waals surface area contributed by atoms with Crippen LogP contribution in [0.25, 0.3) is 0 Å². The third-order valence-electron chi connectivity index (χ3n) is 3.96. The molecule has 2 saturated carbocycles. The molecular formula is C15H18N4S. The second-order valence-corrected chi connectivity index (χ2v) is 6.65. The number of nitrogens with two attached hydrogens (primary N) is 1. The molecule has 4 rings (SSSR count). The zero-order valence-corrected chi connectivity index (χ0v) is 12.1. The van der Waals surface area contributed by atoms with Gasteiger partial charge in [0.2, 0.25) is 0 Å². The lowest BCUT2D eigenvalue weighted by Gasteiger charge is -2.08. The van der Waals surface area contributed by atoms with Crippen LogP contribution in [0.4, 0.5) is 5.69 Å². The summed E-state index contributed by atoms with van der Waals surface area (Å²) < 4.78 is 2.39. The molecular weight excluding hydrogens is 268 g/mol. The van der Waals surface area contributed by atoms with Crippen molar-refractivity contribution in [1.29, 1.82) is 0 Å². The second kappa shape index (κ2) is 4.81. The molecule has 2 aromatic rings. The van der Waals surface area contributed by atoms with Crippen LogP contribution in [0.1, 0.15) is 49.0 Å². The number of rotatable bonds is 5. The zero-order valence-electron chi connectivity index (χ0n) is 11.3. The maximum Gasteiger partial charge on any atom is 0.191 e. The maximum atomic E-state index is 6.00. The van der Waals surface area contributed by atoms with Gasteiger partial charge in [0.1, 0.15) is 5.82 Å². The van der Waals surface area contributed by atoms with Crippen LogP contribution >= 0.6 is 11.8 Å². The number of benzene rings is 1. The topological polar surface area (TPSA) is 56.7 Å². The predicted octanol–water partition coefficient (Wildman–Crippen LogP) is 3.36. The van der Waals surface area contributed by atoms with Crippen LogP contribution in [0.5, 0.6) is 0 Å². The van der Waals surface area contributed by atoms with Crippen molar-refractivity contribution in [3.63, 3.8) is 0 Å². The first-order chi connectivity index (χ1) is 9.83. The first kappa shape index (κ1) is 12.3. The molecule has 1 heterocycles. The Morgan fingerprint density at radius 3 is 2.65 bits per heavy atom. The van der Waals surface area contributed by atoms with E-state index in [0.717, 1.165) is 16.6 Å². The first-order valence-electron chi connectivity index (χ1n) is 7.24. The third kappa shape index (κ3) is 2.30. The van der Waals surface area contributed by atoms with E-state index in [-0.39, 0.29) is 0 Å². The standard InChI is InChI=1S/C15H18N4S/c16-13-4-2-1-3-11(13)9-20-15-18-17-14(10-5-6-10)19(15)12-7-8-12/h1-4,10,12H,5-9,16H2. The lowest BCUT2D eigenvalue weighted by atomic mass is 10.2. The number of para-hydroxylation sites is 1. The molecule has 1 aromatic carbocycles. The highest BCUT2D eigenvalue weighted by Gasteiger charge is 2.36. The monoisotopic (exact) mass is 286 g/mol. The normalized spacial score (nSPS) is 18.4. The zero-order chi connectivity index (χ0) is 13.5. The van der Waals surface area contributed by atoms with Crippen LogP contribution in [-0.4, -0.2) is 14.8 Å². The fraction of sp³-hybridized carbons (Fsp3) is 0.467. The van der Waals surface area contributed by atoms with Crippen molar-refractivity contribution in [3.05, 3.63) is 35.7 Å². The molecule has 0 spiro atoms. The molecule has 2 aliphatic carbocycles. The van der Waals surface area contributed by atoms with Gasteiger partial charge in [0.25, 0.3) is 0 Å². The summed E-state index contributed by atoms with van der Waals surface area (Å²) >= 11 is 1.76. The Labute approximate surface area is 122 Å². The minimum Gasteiger partial charge on any atom is -0.398 e. The van der Waals surface area contributed by atoms with Crippen molar-refractivity contribution in [3.8, 4) is 0 Å². The van der Waals surface area contributed by atoms with Gasteiger partial charge >= 0.3 is 0 Å². The number of nitrogens with zero attached hydrogens (tertiary/aromatic N) is 3. The van der Waals surface area contributed by atoms with Gasteiger partial charge in [0.05, 0.1) is 0 Å². The summed E-state index contributed by atoms with van der Waals surface area (Å²) in [7, 11) is 0. The lowest BCUT2D eigenvalue weighted by molar-refractivity contribution is 0.627. The van der Waals surface area contributed by atoms with Crippen LogP contribution in [-0.2, 0) is 5.75 Å². The third-order valence-corrected chi connectivity index (χ3v) is 4.95. The van der Waals surface area contributed by atoms with E-state index in [0.29, 0.717) is 12.0 Å². The smallest absolute Gasteiger partial charge is 0.191 e. The highest BCUT2D eigenvalue weighted by Crippen LogP contribution is 2.46. The van der Waals surface area contributed by atoms with E-state index in [1.807, 2.05) is 18.2 Å². The Morgan fingerprint density at radius 1 is 1.15 bits per heavy atom. The molecule has 104 valence electrons. The number of hydrogen-bond acceptors (Lipinski definition) is 4. The van der Waals surface area contributed by atoms with Crippen molar-refractivity contribution in [2.45, 2.75) is 48.6 Å². The van der Waals surface area contributed by atoms with Crippen molar-refractivity contribution < 1.29 is 0 Å². The van der Waals surface area contributed by atoms with Gasteiger partial charge in [-0.05, 0) is 37.3 Å². The average Bonchev–Trinajstić information content (AvgIpc) is 3.37. The van der Waals surface area contributed by atoms with Crippen molar-refractivity contribution in [1.82, 2.24) is 14.8 Å². The molecule has 0 bridgehead atoms. The van der Waals surface area contributed by atoms with Gasteiger partial charge in [-0.25, -0.2) is 0 Å². The predicted molar refractivity (Wildman–Crippen MR) is 80.7 cm³/mol. The van der Waals surface area contributed by atoms with Gasteiger partial charge in [0, 0.05) is 23.4 Å². The number of nitrogen functional groups attached to an aromatic ring is 1. The van der Waals surface area contributed by atoms with Gasteiger partial charge in [-0.15, -0.1) is 10.2 Å². The Hall–Kier alpha value is -1.49. The molecule has 1 aromatic heterocycles. The fourth-order valence-electron chi connectivity index (χ4n) is 2.49. The van der Waals surface area contributed by atoms with E-state index in [9.17, 15) is 0 Å². The molecule has 2 N–H and O–H groups in total. The molecule has 0 aliphatic heterocycles. The summed E-state index contributed by atoms with van der Waals surface area (Å²) in [5.41, 5.74) is 8.04. The van der Waals surface area contributed by atoms with Crippen LogP contribution in [0, 0.1) is 0 Å². The molecule has 2 fully saturated rings. The molecule has 5 heteroatoms. The van der Waals surface area contributed by atoms with E-state index in [4.69, 9.17) is 5.73 Å². The van der Waals surface area contributed by atoms with Gasteiger partial charge < -0.3 is 10.3 Å². The van der Waals surface area contributed by atoms with Crippen LogP contribution < -0.4 is 5.73 Å². The number of hydrogen-bond donors (Lipinski definition) is 1. The molecule has 4 nitrogen and oxygen atoms in total. The highest BCUT2D eigenvalue weighted by molar-refractivity contribution is 7.98. The van der Waals surface area contributed by atoms with Crippen LogP contribution in [0.3, 0.4) is 0 Å². The SMILES string of the molecule is Nc1ccccc1CSc1nnc(C2CC2)n1C1CC1. The van der Waals surface area contributed by atoms with Crippen molar-refractivity contribution in [2.75, 3.05) is 5.73 Å². The van der Waals surface area contributed by atoms with Crippen LogP contribution in [0.15, 0.2) is 29.4 Å². The Morgan fingerprint density at radius 2 is 1.95 bits per heavy atom. The Bertz CT molecular complexity index is 629. The van der Waals surface area contributed by atoms with Crippen molar-refractivity contribution in [2.24, 2.45) is 0 Å². The lowest BCUT2D eigenvalue weighted by Crippen LogP contribution is -2.02. The number of aromatic nitrogens is 3. The Balaban J connectivity index is 1.55. The quantitative estimate of drug-likeness (QED) is 0.676. The summed E-state index contributed by atoms with van der Waals surface area (Å²) in [5, 5.41) is 9.92. The second-order valence-electron chi connectivity index (χ2n) is 5.70. The summed E-state index contributed by atoms with van der Waals surface area (Å²) in [6.07, 6.45) is 5.11. The molecule has 20 heavy (non-hydrogen) atoms. The van der Waals surface area contributed by atoms with Gasteiger partial charge in [-0.3, -0.25) is 0 Å². The summed E-state index contributed by atoms with van der Waals surface area (Å²) in [5.74, 6) is 2.75. The fourth-order valence-corrected chi connectivity index (χ4v) is 3.52. The van der Waals surface area contributed by atoms with E-state index >= 15 is 0 Å². The minimum absolute atomic E-state index is 0.649. The minimum atomic E-state index is 0.649. The summed E-state index contributed by atoms with van der Waals surface area (Å²) in [6, 6.07) is 8.70. The van der Waals surface area contributed by atoms with E-state index in [2.05, 4.69) is 20.8 Å². The molecule has 0 unspecified atom stereocenters. The van der Waals surface area contributed by atoms with E-state index < -0.39 is 0 Å². The van der Waals surface area contributed by atoms with Crippen LogP contribution in [0.2, 0.25) is 0 Å². The van der Waals surface area contributed by atoms with Gasteiger partial charge in [0.15, 0.2) is 5.16 Å². The highest BCUT2D eigenvalue weighted by atomic mass is 32.2. The molecule has 0 saturated heterocycles. The Kier molecular flexibility index (Phi) is 2.95.